The van der Waals surface area contributed by atoms with Crippen molar-refractivity contribution in [1.82, 2.24) is 14.9 Å². The smallest absolute Gasteiger partial charge is 0.306 e. The monoisotopic (exact) mass is 506 g/mol. The molecule has 36 heavy (non-hydrogen) atoms. The maximum absolute atomic E-state index is 12.7. The molecular weight excluding hydrogens is 480 g/mol. The minimum Gasteiger partial charge on any atom is -0.508 e. The van der Waals surface area contributed by atoms with Crippen LogP contribution < -0.4 is 4.90 Å². The molecule has 0 bridgehead atoms. The van der Waals surface area contributed by atoms with Crippen molar-refractivity contribution in [3.8, 4) is 17.1 Å². The highest BCUT2D eigenvalue weighted by atomic mass is 32.1. The second-order valence-corrected chi connectivity index (χ2v) is 10.2. The van der Waals surface area contributed by atoms with Crippen molar-refractivity contribution in [1.29, 1.82) is 0 Å². The van der Waals surface area contributed by atoms with Crippen LogP contribution in [0.5, 0.6) is 5.75 Å². The average molecular weight is 507 g/mol. The predicted molar refractivity (Wildman–Crippen MR) is 136 cm³/mol. The summed E-state index contributed by atoms with van der Waals surface area (Å²) in [6, 6.07) is 9.09. The first-order valence-electron chi connectivity index (χ1n) is 12.2. The zero-order valence-corrected chi connectivity index (χ0v) is 20.5. The molecule has 186 valence electrons. The van der Waals surface area contributed by atoms with Crippen molar-refractivity contribution in [2.24, 2.45) is 0 Å². The van der Waals surface area contributed by atoms with Crippen LogP contribution in [0.3, 0.4) is 0 Å². The molecule has 0 radical (unpaired) electrons. The van der Waals surface area contributed by atoms with Crippen molar-refractivity contribution < 1.29 is 24.2 Å². The van der Waals surface area contributed by atoms with E-state index in [-0.39, 0.29) is 17.6 Å². The Morgan fingerprint density at radius 2 is 1.97 bits per heavy atom. The Kier molecular flexibility index (Phi) is 6.06. The molecule has 3 aliphatic heterocycles. The third-order valence-electron chi connectivity index (χ3n) is 6.77. The van der Waals surface area contributed by atoms with Crippen LogP contribution >= 0.6 is 11.3 Å². The summed E-state index contributed by atoms with van der Waals surface area (Å²) in [5.74, 6) is 1.23. The van der Waals surface area contributed by atoms with E-state index in [4.69, 9.17) is 19.4 Å². The van der Waals surface area contributed by atoms with E-state index in [1.54, 1.807) is 34.4 Å². The number of phenols is 1. The summed E-state index contributed by atoms with van der Waals surface area (Å²) in [6.45, 7) is 3.89. The number of fused-ring (bicyclic) bond motifs is 1. The molecule has 1 amide bonds. The number of anilines is 1. The molecule has 3 aliphatic rings. The number of esters is 1. The molecule has 1 aromatic carbocycles. The Morgan fingerprint density at radius 3 is 2.69 bits per heavy atom. The van der Waals surface area contributed by atoms with Gasteiger partial charge in [-0.3, -0.25) is 9.59 Å². The van der Waals surface area contributed by atoms with Crippen LogP contribution in [-0.4, -0.2) is 77.3 Å². The molecular formula is C26H26N4O5S. The second-order valence-electron chi connectivity index (χ2n) is 9.13. The molecule has 3 aromatic rings. The van der Waals surface area contributed by atoms with E-state index in [2.05, 4.69) is 17.0 Å². The number of hydrogen-bond acceptors (Lipinski definition) is 9. The van der Waals surface area contributed by atoms with E-state index < -0.39 is 6.10 Å². The van der Waals surface area contributed by atoms with E-state index in [0.717, 1.165) is 46.0 Å². The number of carbonyl (C=O) groups excluding carboxylic acids is 2. The second kappa shape index (κ2) is 9.51. The minimum atomic E-state index is -0.640. The van der Waals surface area contributed by atoms with Crippen LogP contribution in [0.25, 0.3) is 27.2 Å². The van der Waals surface area contributed by atoms with Crippen LogP contribution in [-0.2, 0) is 19.1 Å². The standard InChI is InChI=1S/C26H26N4O5S/c31-18-3-1-2-17(14-18)24-27-19-15-21(36-23(19)25(28-24)29-10-12-34-13-11-29)16-6-8-30(9-7-16)26(33)20-4-5-22(32)35-20/h1-3,6,14-15,20,31H,4-5,7-13H2/t20-/m1/s1. The number of nitrogens with zero attached hydrogens (tertiary/aromatic N) is 4. The van der Waals surface area contributed by atoms with Crippen molar-refractivity contribution >= 4 is 44.8 Å². The topological polar surface area (TPSA) is 105 Å². The van der Waals surface area contributed by atoms with Gasteiger partial charge in [0.2, 0.25) is 0 Å². The van der Waals surface area contributed by atoms with Gasteiger partial charge in [-0.05, 0) is 30.2 Å². The van der Waals surface area contributed by atoms with Crippen LogP contribution in [0.15, 0.2) is 36.4 Å². The quantitative estimate of drug-likeness (QED) is 0.538. The average Bonchev–Trinajstić information content (AvgIpc) is 3.55. The summed E-state index contributed by atoms with van der Waals surface area (Å²) >= 11 is 1.67. The number of aromatic hydroxyl groups is 1. The molecule has 0 saturated carbocycles. The number of cyclic esters (lactones) is 1. The number of phenolic OH excluding ortho intramolecular Hbond substituents is 1. The molecule has 2 aromatic heterocycles. The minimum absolute atomic E-state index is 0.108. The molecule has 2 saturated heterocycles. The molecule has 1 N–H and O–H groups in total. The van der Waals surface area contributed by atoms with E-state index in [0.29, 0.717) is 45.0 Å². The zero-order valence-electron chi connectivity index (χ0n) is 19.7. The lowest BCUT2D eigenvalue weighted by Gasteiger charge is -2.28. The third kappa shape index (κ3) is 4.42. The molecule has 9 nitrogen and oxygen atoms in total. The molecule has 1 atom stereocenters. The first-order valence-corrected chi connectivity index (χ1v) is 13.0. The van der Waals surface area contributed by atoms with E-state index >= 15 is 0 Å². The highest BCUT2D eigenvalue weighted by Crippen LogP contribution is 2.39. The first kappa shape index (κ1) is 22.9. The maximum atomic E-state index is 12.7. The number of morpholine rings is 1. The Balaban J connectivity index is 1.32. The van der Waals surface area contributed by atoms with Crippen LogP contribution in [0, 0.1) is 0 Å². The summed E-state index contributed by atoms with van der Waals surface area (Å²) < 4.78 is 11.7. The van der Waals surface area contributed by atoms with Gasteiger partial charge in [-0.1, -0.05) is 18.2 Å². The molecule has 0 unspecified atom stereocenters. The number of rotatable bonds is 4. The number of carbonyl (C=O) groups is 2. The van der Waals surface area contributed by atoms with Crippen molar-refractivity contribution in [2.75, 3.05) is 44.3 Å². The Labute approximate surface area is 212 Å². The van der Waals surface area contributed by atoms with Crippen molar-refractivity contribution in [2.45, 2.75) is 25.4 Å². The van der Waals surface area contributed by atoms with Crippen LogP contribution in [0.4, 0.5) is 5.82 Å². The van der Waals surface area contributed by atoms with Gasteiger partial charge < -0.3 is 24.4 Å². The number of hydrogen-bond donors (Lipinski definition) is 1. The maximum Gasteiger partial charge on any atom is 0.306 e. The van der Waals surface area contributed by atoms with Crippen molar-refractivity contribution in [3.05, 3.63) is 41.3 Å². The van der Waals surface area contributed by atoms with Gasteiger partial charge >= 0.3 is 5.97 Å². The van der Waals surface area contributed by atoms with E-state index in [1.165, 1.54) is 5.57 Å². The Bertz CT molecular complexity index is 1360. The van der Waals surface area contributed by atoms with Gasteiger partial charge in [0.25, 0.3) is 5.91 Å². The molecule has 10 heteroatoms. The van der Waals surface area contributed by atoms with Gasteiger partial charge in [0.1, 0.15) is 5.75 Å². The lowest BCUT2D eigenvalue weighted by Crippen LogP contribution is -2.41. The fourth-order valence-electron chi connectivity index (χ4n) is 4.83. The van der Waals surface area contributed by atoms with Crippen LogP contribution in [0.2, 0.25) is 0 Å². The fraction of sp³-hybridized carbons (Fsp3) is 0.385. The highest BCUT2D eigenvalue weighted by Gasteiger charge is 2.33. The molecule has 0 spiro atoms. The van der Waals surface area contributed by atoms with E-state index in [1.807, 2.05) is 6.07 Å². The number of ether oxygens (including phenoxy) is 2. The SMILES string of the molecule is O=C1CC[C@H](C(=O)N2CC=C(c3cc4nc(-c5cccc(O)c5)nc(N5CCOCC5)c4s3)CC2)O1. The highest BCUT2D eigenvalue weighted by molar-refractivity contribution is 7.20. The summed E-state index contributed by atoms with van der Waals surface area (Å²) in [4.78, 5) is 39.0. The number of benzene rings is 1. The summed E-state index contributed by atoms with van der Waals surface area (Å²) in [7, 11) is 0. The number of thiophene rings is 1. The lowest BCUT2D eigenvalue weighted by atomic mass is 10.1. The molecule has 0 aliphatic carbocycles. The van der Waals surface area contributed by atoms with Crippen molar-refractivity contribution in [3.63, 3.8) is 0 Å². The number of amides is 1. The summed E-state index contributed by atoms with van der Waals surface area (Å²) in [5, 5.41) is 9.98. The fourth-order valence-corrected chi connectivity index (χ4v) is 6.01. The Hall–Kier alpha value is -3.50. The first-order chi connectivity index (χ1) is 17.5. The van der Waals surface area contributed by atoms with Gasteiger partial charge in [0, 0.05) is 49.5 Å². The predicted octanol–water partition coefficient (Wildman–Crippen LogP) is 3.22. The summed E-state index contributed by atoms with van der Waals surface area (Å²) in [6.07, 6.45) is 2.94. The zero-order chi connectivity index (χ0) is 24.6. The largest absolute Gasteiger partial charge is 0.508 e. The molecule has 2 fully saturated rings. The van der Waals surface area contributed by atoms with Gasteiger partial charge in [0.05, 0.1) is 23.4 Å². The lowest BCUT2D eigenvalue weighted by molar-refractivity contribution is -0.152. The normalized spacial score (nSPS) is 20.5. The van der Waals surface area contributed by atoms with Gasteiger partial charge in [0.15, 0.2) is 17.7 Å². The van der Waals surface area contributed by atoms with Gasteiger partial charge in [-0.15, -0.1) is 11.3 Å². The summed E-state index contributed by atoms with van der Waals surface area (Å²) in [5.41, 5.74) is 2.80. The van der Waals surface area contributed by atoms with Crippen LogP contribution in [0.1, 0.15) is 24.1 Å². The van der Waals surface area contributed by atoms with Gasteiger partial charge in [-0.2, -0.15) is 0 Å². The molecule has 6 rings (SSSR count). The third-order valence-corrected chi connectivity index (χ3v) is 7.96. The van der Waals surface area contributed by atoms with E-state index in [9.17, 15) is 14.7 Å². The Morgan fingerprint density at radius 1 is 1.11 bits per heavy atom. The number of aromatic nitrogens is 2. The molecule has 5 heterocycles. The van der Waals surface area contributed by atoms with Gasteiger partial charge in [-0.25, -0.2) is 9.97 Å².